The highest BCUT2D eigenvalue weighted by Gasteiger charge is 2.70. The second kappa shape index (κ2) is 8.46. The fraction of sp³-hybridized carbons (Fsp3) is 0.258. The number of nitro groups is 1. The Kier molecular flexibility index (Phi) is 5.36. The molecule has 1 saturated heterocycles. The van der Waals surface area contributed by atoms with Gasteiger partial charge in [-0.05, 0) is 23.3 Å². The topological polar surface area (TPSA) is 110 Å². The molecule has 39 heavy (non-hydrogen) atoms. The summed E-state index contributed by atoms with van der Waals surface area (Å²) in [7, 11) is 0. The summed E-state index contributed by atoms with van der Waals surface area (Å²) in [5.74, 6) is -2.17. The molecule has 0 aromatic heterocycles. The van der Waals surface area contributed by atoms with Crippen LogP contribution in [0.15, 0.2) is 78.9 Å². The Bertz CT molecular complexity index is 1600. The van der Waals surface area contributed by atoms with Gasteiger partial charge >= 0.3 is 0 Å². The van der Waals surface area contributed by atoms with Crippen LogP contribution < -0.4 is 10.2 Å². The van der Waals surface area contributed by atoms with E-state index >= 15 is 0 Å². The zero-order valence-corrected chi connectivity index (χ0v) is 21.8. The molecule has 6 rings (SSSR count). The zero-order chi connectivity index (χ0) is 27.7. The van der Waals surface area contributed by atoms with Crippen molar-refractivity contribution in [1.82, 2.24) is 0 Å². The lowest BCUT2D eigenvalue weighted by Gasteiger charge is -2.38. The van der Waals surface area contributed by atoms with E-state index in [-0.39, 0.29) is 22.9 Å². The molecule has 196 valence electrons. The third kappa shape index (κ3) is 3.40. The number of carbonyl (C=O) groups is 3. The van der Waals surface area contributed by atoms with E-state index in [1.807, 2.05) is 59.5 Å². The maximum Gasteiger partial charge on any atom is 0.270 e. The highest BCUT2D eigenvalue weighted by atomic mass is 16.6. The second-order valence-electron chi connectivity index (χ2n) is 11.3. The van der Waals surface area contributed by atoms with Crippen LogP contribution in [0, 0.1) is 21.4 Å². The molecule has 0 bridgehead atoms. The van der Waals surface area contributed by atoms with E-state index in [9.17, 15) is 24.5 Å². The van der Waals surface area contributed by atoms with Gasteiger partial charge in [-0.3, -0.25) is 24.5 Å². The Balaban J connectivity index is 1.68. The zero-order valence-electron chi connectivity index (χ0n) is 21.8. The van der Waals surface area contributed by atoms with Crippen molar-refractivity contribution in [2.75, 3.05) is 10.2 Å². The lowest BCUT2D eigenvalue weighted by atomic mass is 9.63. The van der Waals surface area contributed by atoms with E-state index in [2.05, 4.69) is 5.32 Å². The molecule has 8 nitrogen and oxygen atoms in total. The molecule has 1 spiro atoms. The molecule has 1 amide bonds. The molecule has 3 aliphatic heterocycles. The van der Waals surface area contributed by atoms with Crippen LogP contribution in [0.1, 0.15) is 42.3 Å². The van der Waals surface area contributed by atoms with Gasteiger partial charge in [0, 0.05) is 34.5 Å². The molecule has 1 N–H and O–H groups in total. The number of nitrogens with one attached hydrogen (secondary N) is 1. The quantitative estimate of drug-likeness (QED) is 0.288. The number of fused-ring (bicyclic) bond motifs is 6. The molecular formula is C31H27N3O5. The maximum absolute atomic E-state index is 14.6. The van der Waals surface area contributed by atoms with Gasteiger partial charge in [0.15, 0.2) is 11.6 Å². The van der Waals surface area contributed by atoms with Crippen LogP contribution in [0.25, 0.3) is 6.08 Å². The highest BCUT2D eigenvalue weighted by Crippen LogP contribution is 2.58. The predicted molar refractivity (Wildman–Crippen MR) is 148 cm³/mol. The number of carbonyl (C=O) groups excluding carboxylic acids is 3. The molecule has 0 unspecified atom stereocenters. The molecule has 1 fully saturated rings. The van der Waals surface area contributed by atoms with E-state index in [4.69, 9.17) is 0 Å². The van der Waals surface area contributed by atoms with Crippen molar-refractivity contribution in [3.8, 4) is 0 Å². The number of nitro benzene ring substituents is 1. The summed E-state index contributed by atoms with van der Waals surface area (Å²) >= 11 is 0. The van der Waals surface area contributed by atoms with E-state index in [0.29, 0.717) is 11.3 Å². The number of hydrogen-bond donors (Lipinski definition) is 1. The number of para-hydroxylation sites is 2. The van der Waals surface area contributed by atoms with Crippen molar-refractivity contribution in [1.29, 1.82) is 0 Å². The van der Waals surface area contributed by atoms with E-state index in [0.717, 1.165) is 11.3 Å². The van der Waals surface area contributed by atoms with Gasteiger partial charge in [0.1, 0.15) is 11.5 Å². The summed E-state index contributed by atoms with van der Waals surface area (Å²) in [6.07, 6.45) is 3.85. The lowest BCUT2D eigenvalue weighted by Crippen LogP contribution is -2.51. The maximum atomic E-state index is 14.6. The molecule has 0 saturated carbocycles. The smallest absolute Gasteiger partial charge is 0.270 e. The van der Waals surface area contributed by atoms with Gasteiger partial charge in [-0.2, -0.15) is 0 Å². The van der Waals surface area contributed by atoms with Crippen LogP contribution in [-0.4, -0.2) is 34.5 Å². The van der Waals surface area contributed by atoms with E-state index in [1.165, 1.54) is 24.3 Å². The van der Waals surface area contributed by atoms with Crippen molar-refractivity contribution >= 4 is 40.6 Å². The Morgan fingerprint density at radius 1 is 1.00 bits per heavy atom. The van der Waals surface area contributed by atoms with Crippen LogP contribution in [0.2, 0.25) is 0 Å². The second-order valence-corrected chi connectivity index (χ2v) is 11.3. The third-order valence-corrected chi connectivity index (χ3v) is 8.17. The molecule has 4 atom stereocenters. The Morgan fingerprint density at radius 3 is 2.46 bits per heavy atom. The Hall–Kier alpha value is -4.59. The van der Waals surface area contributed by atoms with Crippen LogP contribution in [0.4, 0.5) is 17.1 Å². The summed E-state index contributed by atoms with van der Waals surface area (Å²) in [5, 5.41) is 14.5. The van der Waals surface area contributed by atoms with Gasteiger partial charge in [0.05, 0.1) is 16.9 Å². The Morgan fingerprint density at radius 2 is 1.72 bits per heavy atom. The number of Topliss-reactive ketones (excluding diaryl/α,β-unsaturated/α-hetero) is 2. The number of non-ortho nitro benzene ring substituents is 1. The van der Waals surface area contributed by atoms with Gasteiger partial charge in [0.2, 0.25) is 5.91 Å². The first-order chi connectivity index (χ1) is 18.6. The van der Waals surface area contributed by atoms with Crippen LogP contribution in [0.3, 0.4) is 0 Å². The van der Waals surface area contributed by atoms with Crippen molar-refractivity contribution in [3.05, 3.63) is 106 Å². The molecule has 3 aromatic rings. The fourth-order valence-corrected chi connectivity index (χ4v) is 6.52. The number of rotatable bonds is 4. The largest absolute Gasteiger partial charge is 0.352 e. The number of amides is 1. The number of hydrogen-bond acceptors (Lipinski definition) is 6. The van der Waals surface area contributed by atoms with Crippen LogP contribution in [-0.2, 0) is 15.0 Å². The third-order valence-electron chi connectivity index (χ3n) is 8.17. The average molecular weight is 522 g/mol. The van der Waals surface area contributed by atoms with E-state index in [1.54, 1.807) is 26.8 Å². The summed E-state index contributed by atoms with van der Waals surface area (Å²) in [6.45, 7) is 5.41. The van der Waals surface area contributed by atoms with Crippen molar-refractivity contribution < 1.29 is 19.3 Å². The van der Waals surface area contributed by atoms with Crippen LogP contribution in [0.5, 0.6) is 0 Å². The first-order valence-corrected chi connectivity index (χ1v) is 12.9. The van der Waals surface area contributed by atoms with Crippen molar-refractivity contribution in [3.63, 3.8) is 0 Å². The van der Waals surface area contributed by atoms with Gasteiger partial charge < -0.3 is 10.2 Å². The van der Waals surface area contributed by atoms with E-state index < -0.39 is 39.5 Å². The molecule has 0 aliphatic carbocycles. The fourth-order valence-electron chi connectivity index (χ4n) is 6.52. The molecule has 8 heteroatoms. The molecule has 3 heterocycles. The number of benzene rings is 3. The van der Waals surface area contributed by atoms with Gasteiger partial charge in [-0.25, -0.2) is 0 Å². The minimum Gasteiger partial charge on any atom is -0.352 e. The number of nitrogens with zero attached hydrogens (tertiary/aromatic N) is 2. The van der Waals surface area contributed by atoms with Crippen molar-refractivity contribution in [2.45, 2.75) is 38.3 Å². The normalized spacial score (nSPS) is 24.6. The molecule has 3 aliphatic rings. The first-order valence-electron chi connectivity index (χ1n) is 12.9. The van der Waals surface area contributed by atoms with Gasteiger partial charge in [-0.15, -0.1) is 0 Å². The Labute approximate surface area is 225 Å². The summed E-state index contributed by atoms with van der Waals surface area (Å²) < 4.78 is 0. The minimum atomic E-state index is -1.44. The summed E-state index contributed by atoms with van der Waals surface area (Å²) in [4.78, 5) is 56.1. The average Bonchev–Trinajstić information content (AvgIpc) is 3.40. The molecular weight excluding hydrogens is 494 g/mol. The monoisotopic (exact) mass is 521 g/mol. The SMILES string of the molecule is CC(C)(C)C(=O)[C@H]1[C@H](C(=O)c2cccc([N+](=O)[O-])c2)[C@]2(C(=O)Nc3ccccc32)[C@H]2C=Cc3ccccc3N12. The van der Waals surface area contributed by atoms with Gasteiger partial charge in [-0.1, -0.05) is 81.5 Å². The first kappa shape index (κ1) is 24.7. The van der Waals surface area contributed by atoms with Gasteiger partial charge in [0.25, 0.3) is 5.69 Å². The van der Waals surface area contributed by atoms with Crippen molar-refractivity contribution in [2.24, 2.45) is 11.3 Å². The summed E-state index contributed by atoms with van der Waals surface area (Å²) in [6, 6.07) is 18.8. The number of anilines is 2. The standard InChI is InChI=1S/C31H27N3O5/c1-30(2,3)28(36)26-25(27(35)19-10-8-11-20(17-19)34(38)39)31(21-12-5-6-13-22(21)32-29(31)37)24-16-15-18-9-4-7-14-23(18)33(24)26/h4-17,24-26H,1-3H3,(H,32,37)/t24-,25-,26-,31-/m1/s1. The predicted octanol–water partition coefficient (Wildman–Crippen LogP) is 5.18. The van der Waals surface area contributed by atoms with Crippen LogP contribution >= 0.6 is 0 Å². The number of ketones is 2. The highest BCUT2D eigenvalue weighted by molar-refractivity contribution is 6.17. The summed E-state index contributed by atoms with van der Waals surface area (Å²) in [5.41, 5.74) is 0.461. The molecule has 3 aromatic carbocycles. The lowest BCUT2D eigenvalue weighted by molar-refractivity contribution is -0.384. The molecule has 0 radical (unpaired) electrons. The minimum absolute atomic E-state index is 0.0922.